The van der Waals surface area contributed by atoms with E-state index < -0.39 is 0 Å². The summed E-state index contributed by atoms with van der Waals surface area (Å²) in [5.74, 6) is -0.155. The molecule has 1 rings (SSSR count). The minimum atomic E-state index is -0.155. The molecule has 0 amide bonds. The van der Waals surface area contributed by atoms with Crippen molar-refractivity contribution in [1.29, 1.82) is 0 Å². The van der Waals surface area contributed by atoms with E-state index in [0.717, 1.165) is 17.4 Å². The fraction of sp³-hybridized carbons (Fsp3) is 0.455. The van der Waals surface area contributed by atoms with Gasteiger partial charge in [0.25, 0.3) is 0 Å². The molecule has 0 atom stereocenters. The van der Waals surface area contributed by atoms with Gasteiger partial charge in [-0.1, -0.05) is 15.9 Å². The van der Waals surface area contributed by atoms with Gasteiger partial charge in [0.2, 0.25) is 0 Å². The van der Waals surface area contributed by atoms with Crippen molar-refractivity contribution in [3.8, 4) is 0 Å². The Labute approximate surface area is 98.4 Å². The monoisotopic (exact) mass is 274 g/mol. The highest BCUT2D eigenvalue weighted by atomic mass is 79.9. The van der Waals surface area contributed by atoms with Crippen molar-refractivity contribution in [2.45, 2.75) is 13.0 Å². The van der Waals surface area contributed by atoms with E-state index in [-0.39, 0.29) is 5.82 Å². The fourth-order valence-corrected chi connectivity index (χ4v) is 1.80. The number of hydrogen-bond acceptors (Lipinski definition) is 2. The van der Waals surface area contributed by atoms with Crippen LogP contribution < -0.4 is 5.73 Å². The maximum Gasteiger partial charge on any atom is 0.127 e. The van der Waals surface area contributed by atoms with Gasteiger partial charge in [0, 0.05) is 16.6 Å². The summed E-state index contributed by atoms with van der Waals surface area (Å²) in [6.07, 6.45) is 0.937. The van der Waals surface area contributed by atoms with Gasteiger partial charge in [0.1, 0.15) is 5.82 Å². The first kappa shape index (κ1) is 12.6. The second-order valence-electron chi connectivity index (χ2n) is 3.62. The third-order valence-electron chi connectivity index (χ3n) is 2.19. The highest BCUT2D eigenvalue weighted by molar-refractivity contribution is 9.10. The van der Waals surface area contributed by atoms with Gasteiger partial charge in [0.15, 0.2) is 0 Å². The van der Waals surface area contributed by atoms with E-state index in [1.807, 2.05) is 13.1 Å². The molecule has 0 aliphatic heterocycles. The minimum absolute atomic E-state index is 0.155. The third-order valence-corrected chi connectivity index (χ3v) is 2.69. The SMILES string of the molecule is CN(CCCN)Cc1cc(Br)ccc1F. The van der Waals surface area contributed by atoms with E-state index in [9.17, 15) is 4.39 Å². The Hall–Kier alpha value is -0.450. The van der Waals surface area contributed by atoms with Gasteiger partial charge in [-0.2, -0.15) is 0 Å². The van der Waals surface area contributed by atoms with Crippen LogP contribution in [0.15, 0.2) is 22.7 Å². The van der Waals surface area contributed by atoms with Gasteiger partial charge in [-0.15, -0.1) is 0 Å². The molecule has 1 aromatic carbocycles. The van der Waals surface area contributed by atoms with Gasteiger partial charge in [0.05, 0.1) is 0 Å². The lowest BCUT2D eigenvalue weighted by Gasteiger charge is -2.16. The third kappa shape index (κ3) is 4.28. The van der Waals surface area contributed by atoms with Crippen LogP contribution in [0.3, 0.4) is 0 Å². The maximum atomic E-state index is 13.4. The van der Waals surface area contributed by atoms with Crippen molar-refractivity contribution in [3.05, 3.63) is 34.1 Å². The Kier molecular flexibility index (Phi) is 5.22. The molecule has 15 heavy (non-hydrogen) atoms. The minimum Gasteiger partial charge on any atom is -0.330 e. The summed E-state index contributed by atoms with van der Waals surface area (Å²) in [4.78, 5) is 2.07. The second kappa shape index (κ2) is 6.20. The molecule has 0 aromatic heterocycles. The van der Waals surface area contributed by atoms with E-state index in [2.05, 4.69) is 20.8 Å². The quantitative estimate of drug-likeness (QED) is 0.894. The van der Waals surface area contributed by atoms with Gasteiger partial charge in [-0.3, -0.25) is 0 Å². The van der Waals surface area contributed by atoms with Crippen LogP contribution >= 0.6 is 15.9 Å². The number of hydrogen-bond donors (Lipinski definition) is 1. The molecule has 0 heterocycles. The van der Waals surface area contributed by atoms with Gasteiger partial charge < -0.3 is 10.6 Å². The molecule has 0 fully saturated rings. The van der Waals surface area contributed by atoms with Crippen LogP contribution in [0, 0.1) is 5.82 Å². The molecule has 0 bridgehead atoms. The lowest BCUT2D eigenvalue weighted by atomic mass is 10.2. The van der Waals surface area contributed by atoms with Gasteiger partial charge in [-0.25, -0.2) is 4.39 Å². The molecule has 0 aliphatic carbocycles. The number of nitrogens with zero attached hydrogens (tertiary/aromatic N) is 1. The second-order valence-corrected chi connectivity index (χ2v) is 4.53. The van der Waals surface area contributed by atoms with Crippen LogP contribution in [0.2, 0.25) is 0 Å². The number of halogens is 2. The zero-order chi connectivity index (χ0) is 11.3. The summed E-state index contributed by atoms with van der Waals surface area (Å²) in [5, 5.41) is 0. The zero-order valence-electron chi connectivity index (χ0n) is 8.84. The molecule has 2 nitrogen and oxygen atoms in total. The molecule has 0 unspecified atom stereocenters. The topological polar surface area (TPSA) is 29.3 Å². The zero-order valence-corrected chi connectivity index (χ0v) is 10.4. The molecule has 0 radical (unpaired) electrons. The van der Waals surface area contributed by atoms with Crippen molar-refractivity contribution >= 4 is 15.9 Å². The Morgan fingerprint density at radius 2 is 2.20 bits per heavy atom. The largest absolute Gasteiger partial charge is 0.330 e. The molecular weight excluding hydrogens is 259 g/mol. The normalized spacial score (nSPS) is 11.0. The molecular formula is C11H16BrFN2. The molecule has 2 N–H and O–H groups in total. The van der Waals surface area contributed by atoms with Crippen LogP contribution in [0.1, 0.15) is 12.0 Å². The van der Waals surface area contributed by atoms with Crippen LogP contribution in [0.5, 0.6) is 0 Å². The van der Waals surface area contributed by atoms with Crippen LogP contribution in [0.4, 0.5) is 4.39 Å². The molecule has 1 aromatic rings. The van der Waals surface area contributed by atoms with E-state index in [1.165, 1.54) is 6.07 Å². The summed E-state index contributed by atoms with van der Waals surface area (Å²) < 4.78 is 14.3. The van der Waals surface area contributed by atoms with Crippen molar-refractivity contribution in [2.75, 3.05) is 20.1 Å². The molecule has 0 saturated carbocycles. The highest BCUT2D eigenvalue weighted by Gasteiger charge is 2.05. The lowest BCUT2D eigenvalue weighted by molar-refractivity contribution is 0.318. The predicted octanol–water partition coefficient (Wildman–Crippen LogP) is 2.37. The van der Waals surface area contributed by atoms with E-state index in [1.54, 1.807) is 6.07 Å². The number of rotatable bonds is 5. The lowest BCUT2D eigenvalue weighted by Crippen LogP contribution is -2.21. The fourth-order valence-electron chi connectivity index (χ4n) is 1.40. The first-order chi connectivity index (χ1) is 7.13. The number of benzene rings is 1. The van der Waals surface area contributed by atoms with E-state index in [4.69, 9.17) is 5.73 Å². The molecule has 84 valence electrons. The van der Waals surface area contributed by atoms with Crippen molar-refractivity contribution < 1.29 is 4.39 Å². The Morgan fingerprint density at radius 3 is 2.87 bits per heavy atom. The first-order valence-corrected chi connectivity index (χ1v) is 5.75. The van der Waals surface area contributed by atoms with Gasteiger partial charge in [-0.05, 0) is 44.8 Å². The summed E-state index contributed by atoms with van der Waals surface area (Å²) in [6, 6.07) is 5.00. The Balaban J connectivity index is 2.59. The van der Waals surface area contributed by atoms with Crippen LogP contribution in [-0.2, 0) is 6.54 Å². The average Bonchev–Trinajstić information content (AvgIpc) is 2.20. The first-order valence-electron chi connectivity index (χ1n) is 4.96. The molecule has 0 saturated heterocycles. The van der Waals surface area contributed by atoms with Crippen LogP contribution in [-0.4, -0.2) is 25.0 Å². The number of nitrogens with two attached hydrogens (primary N) is 1. The summed E-state index contributed by atoms with van der Waals surface area (Å²) in [5.41, 5.74) is 6.13. The van der Waals surface area contributed by atoms with Crippen molar-refractivity contribution in [1.82, 2.24) is 4.90 Å². The predicted molar refractivity (Wildman–Crippen MR) is 64.1 cm³/mol. The Morgan fingerprint density at radius 1 is 1.47 bits per heavy atom. The smallest absolute Gasteiger partial charge is 0.127 e. The molecule has 4 heteroatoms. The van der Waals surface area contributed by atoms with Gasteiger partial charge >= 0.3 is 0 Å². The maximum absolute atomic E-state index is 13.4. The van der Waals surface area contributed by atoms with E-state index >= 15 is 0 Å². The van der Waals surface area contributed by atoms with Crippen molar-refractivity contribution in [3.63, 3.8) is 0 Å². The highest BCUT2D eigenvalue weighted by Crippen LogP contribution is 2.16. The summed E-state index contributed by atoms with van der Waals surface area (Å²) in [7, 11) is 1.97. The molecule has 0 aliphatic rings. The molecule has 0 spiro atoms. The van der Waals surface area contributed by atoms with Crippen LogP contribution in [0.25, 0.3) is 0 Å². The van der Waals surface area contributed by atoms with Crippen molar-refractivity contribution in [2.24, 2.45) is 5.73 Å². The van der Waals surface area contributed by atoms with E-state index in [0.29, 0.717) is 18.7 Å². The summed E-state index contributed by atoms with van der Waals surface area (Å²) in [6.45, 7) is 2.18. The average molecular weight is 275 g/mol. The Bertz CT molecular complexity index is 317. The summed E-state index contributed by atoms with van der Waals surface area (Å²) >= 11 is 3.33. The standard InChI is InChI=1S/C11H16BrFN2/c1-15(6-2-5-14)8-9-7-10(12)3-4-11(9)13/h3-4,7H,2,5-6,8,14H2,1H3.